The van der Waals surface area contributed by atoms with E-state index in [-0.39, 0.29) is 42.2 Å². The minimum atomic E-state index is -4.84. The number of nitrogens with one attached hydrogen (secondary N) is 1. The first kappa shape index (κ1) is 32.0. The molecular formula is C28H31F6N5O4. The fourth-order valence-corrected chi connectivity index (χ4v) is 4.94. The van der Waals surface area contributed by atoms with Gasteiger partial charge in [0, 0.05) is 43.5 Å². The standard InChI is InChI=1S/C28H31F6N5O4/c1-26(2,3)43-25(42)35-18(13-39-15-27(30,31)9-7-21(39)40)12-22(41)38-10-8-19-20(14-38)36-24(37-23(19)28(32,33)34)16-5-4-6-17(29)11-16/h4-6,11,18H,7-10,12-15H2,1-3H3,(H,35,42)/t18-/m0/s1. The van der Waals surface area contributed by atoms with Gasteiger partial charge in [-0.05, 0) is 39.3 Å². The minimum absolute atomic E-state index is 0.0152. The van der Waals surface area contributed by atoms with Gasteiger partial charge >= 0.3 is 12.3 Å². The van der Waals surface area contributed by atoms with Crippen LogP contribution in [0.25, 0.3) is 11.4 Å². The number of hydrogen-bond acceptors (Lipinski definition) is 6. The Morgan fingerprint density at radius 3 is 2.51 bits per heavy atom. The maximum atomic E-state index is 14.1. The van der Waals surface area contributed by atoms with Gasteiger partial charge in [-0.1, -0.05) is 12.1 Å². The Labute approximate surface area is 243 Å². The molecule has 1 N–H and O–H groups in total. The molecule has 2 aliphatic rings. The van der Waals surface area contributed by atoms with Crippen LogP contribution in [0.15, 0.2) is 24.3 Å². The number of likely N-dealkylation sites (tertiary alicyclic amines) is 1. The first-order chi connectivity index (χ1) is 19.9. The van der Waals surface area contributed by atoms with E-state index in [9.17, 15) is 40.7 Å². The number of piperidine rings is 1. The molecule has 9 nitrogen and oxygen atoms in total. The Morgan fingerprint density at radius 1 is 1.14 bits per heavy atom. The highest BCUT2D eigenvalue weighted by Gasteiger charge is 2.41. The topological polar surface area (TPSA) is 105 Å². The third-order valence-corrected chi connectivity index (χ3v) is 6.83. The zero-order valence-corrected chi connectivity index (χ0v) is 23.7. The SMILES string of the molecule is CC(C)(C)OC(=O)N[C@@H](CC(=O)N1CCc2c(nc(-c3cccc(F)c3)nc2C(F)(F)F)C1)CN1CC(F)(F)CCC1=O. The fourth-order valence-electron chi connectivity index (χ4n) is 4.94. The van der Waals surface area contributed by atoms with Gasteiger partial charge in [-0.15, -0.1) is 0 Å². The zero-order chi connectivity index (χ0) is 31.7. The summed E-state index contributed by atoms with van der Waals surface area (Å²) in [6.45, 7) is 3.02. The number of alkyl halides is 5. The van der Waals surface area contributed by atoms with Gasteiger partial charge < -0.3 is 19.9 Å². The van der Waals surface area contributed by atoms with E-state index in [0.717, 1.165) is 17.0 Å². The molecule has 0 saturated carbocycles. The normalized spacial score (nSPS) is 17.7. The molecule has 4 rings (SSSR count). The fraction of sp³-hybridized carbons (Fsp3) is 0.536. The molecule has 0 spiro atoms. The number of fused-ring (bicyclic) bond motifs is 1. The zero-order valence-electron chi connectivity index (χ0n) is 23.7. The molecule has 3 heterocycles. The lowest BCUT2D eigenvalue weighted by Crippen LogP contribution is -2.53. The molecule has 1 saturated heterocycles. The van der Waals surface area contributed by atoms with Crippen molar-refractivity contribution in [2.45, 2.75) is 76.7 Å². The summed E-state index contributed by atoms with van der Waals surface area (Å²) >= 11 is 0. The van der Waals surface area contributed by atoms with Crippen LogP contribution in [-0.2, 0) is 33.5 Å². The summed E-state index contributed by atoms with van der Waals surface area (Å²) in [5, 5.41) is 2.47. The first-order valence-corrected chi connectivity index (χ1v) is 13.6. The van der Waals surface area contributed by atoms with E-state index in [0.29, 0.717) is 0 Å². The summed E-state index contributed by atoms with van der Waals surface area (Å²) in [4.78, 5) is 48.2. The number of alkyl carbamates (subject to hydrolysis) is 1. The van der Waals surface area contributed by atoms with Crippen LogP contribution >= 0.6 is 0 Å². The minimum Gasteiger partial charge on any atom is -0.444 e. The molecule has 0 unspecified atom stereocenters. The van der Waals surface area contributed by atoms with Crippen LogP contribution in [-0.4, -0.2) is 74.9 Å². The van der Waals surface area contributed by atoms with Gasteiger partial charge in [0.25, 0.3) is 5.92 Å². The van der Waals surface area contributed by atoms with Crippen molar-refractivity contribution in [2.24, 2.45) is 0 Å². The number of carbonyl (C=O) groups excluding carboxylic acids is 3. The van der Waals surface area contributed by atoms with Crippen molar-refractivity contribution in [3.05, 3.63) is 47.0 Å². The van der Waals surface area contributed by atoms with E-state index >= 15 is 0 Å². The number of benzene rings is 1. The number of hydrogen-bond donors (Lipinski definition) is 1. The van der Waals surface area contributed by atoms with Crippen molar-refractivity contribution in [1.82, 2.24) is 25.1 Å². The van der Waals surface area contributed by atoms with Crippen LogP contribution in [0.1, 0.15) is 57.0 Å². The highest BCUT2D eigenvalue weighted by atomic mass is 19.4. The van der Waals surface area contributed by atoms with E-state index in [4.69, 9.17) is 4.74 Å². The molecule has 15 heteroatoms. The summed E-state index contributed by atoms with van der Waals surface area (Å²) < 4.78 is 89.0. The molecule has 1 aromatic carbocycles. The van der Waals surface area contributed by atoms with Crippen LogP contribution in [0.5, 0.6) is 0 Å². The smallest absolute Gasteiger partial charge is 0.433 e. The monoisotopic (exact) mass is 615 g/mol. The van der Waals surface area contributed by atoms with Gasteiger partial charge in [0.1, 0.15) is 11.4 Å². The van der Waals surface area contributed by atoms with E-state index < -0.39 is 85.5 Å². The Hall–Kier alpha value is -3.91. The van der Waals surface area contributed by atoms with Crippen molar-refractivity contribution in [1.29, 1.82) is 0 Å². The van der Waals surface area contributed by atoms with Crippen molar-refractivity contribution in [3.63, 3.8) is 0 Å². The molecular weight excluding hydrogens is 584 g/mol. The molecule has 1 fully saturated rings. The average molecular weight is 616 g/mol. The number of ether oxygens (including phenoxy) is 1. The molecule has 1 atom stereocenters. The summed E-state index contributed by atoms with van der Waals surface area (Å²) in [6, 6.07) is 3.63. The molecule has 0 radical (unpaired) electrons. The third-order valence-electron chi connectivity index (χ3n) is 6.83. The van der Waals surface area contributed by atoms with Gasteiger partial charge in [-0.2, -0.15) is 13.2 Å². The second-order valence-corrected chi connectivity index (χ2v) is 11.6. The predicted octanol–water partition coefficient (Wildman–Crippen LogP) is 4.73. The van der Waals surface area contributed by atoms with Gasteiger partial charge in [0.15, 0.2) is 11.5 Å². The van der Waals surface area contributed by atoms with Crippen molar-refractivity contribution >= 4 is 17.9 Å². The van der Waals surface area contributed by atoms with Gasteiger partial charge in [0.2, 0.25) is 11.8 Å². The second kappa shape index (κ2) is 12.0. The highest BCUT2D eigenvalue weighted by molar-refractivity contribution is 5.80. The van der Waals surface area contributed by atoms with Crippen molar-refractivity contribution in [3.8, 4) is 11.4 Å². The third kappa shape index (κ3) is 8.35. The predicted molar refractivity (Wildman–Crippen MR) is 140 cm³/mol. The number of nitrogens with zero attached hydrogens (tertiary/aromatic N) is 4. The van der Waals surface area contributed by atoms with Crippen LogP contribution in [0, 0.1) is 5.82 Å². The highest BCUT2D eigenvalue weighted by Crippen LogP contribution is 2.35. The Bertz CT molecular complexity index is 1390. The lowest BCUT2D eigenvalue weighted by Gasteiger charge is -2.36. The summed E-state index contributed by atoms with van der Waals surface area (Å²) in [6.07, 6.45) is -7.49. The largest absolute Gasteiger partial charge is 0.444 e. The van der Waals surface area contributed by atoms with Crippen LogP contribution < -0.4 is 5.32 Å². The Balaban J connectivity index is 1.57. The van der Waals surface area contributed by atoms with Gasteiger partial charge in [-0.3, -0.25) is 9.59 Å². The molecule has 2 aromatic rings. The lowest BCUT2D eigenvalue weighted by atomic mass is 10.0. The second-order valence-electron chi connectivity index (χ2n) is 11.6. The Kier molecular flexibility index (Phi) is 8.93. The number of aromatic nitrogens is 2. The van der Waals surface area contributed by atoms with Crippen LogP contribution in [0.3, 0.4) is 0 Å². The molecule has 3 amide bonds. The quantitative estimate of drug-likeness (QED) is 0.472. The molecule has 2 aliphatic heterocycles. The van der Waals surface area contributed by atoms with E-state index in [1.807, 2.05) is 0 Å². The summed E-state index contributed by atoms with van der Waals surface area (Å²) in [7, 11) is 0. The summed E-state index contributed by atoms with van der Waals surface area (Å²) in [5.74, 6) is -5.39. The van der Waals surface area contributed by atoms with Crippen molar-refractivity contribution < 1.29 is 45.5 Å². The van der Waals surface area contributed by atoms with Crippen LogP contribution in [0.2, 0.25) is 0 Å². The number of carbonyl (C=O) groups is 3. The van der Waals surface area contributed by atoms with Crippen LogP contribution in [0.4, 0.5) is 31.1 Å². The van der Waals surface area contributed by atoms with E-state index in [2.05, 4.69) is 15.3 Å². The molecule has 0 bridgehead atoms. The van der Waals surface area contributed by atoms with Crippen molar-refractivity contribution in [2.75, 3.05) is 19.6 Å². The number of amides is 3. The molecule has 43 heavy (non-hydrogen) atoms. The van der Waals surface area contributed by atoms with Gasteiger partial charge in [0.05, 0.1) is 24.8 Å². The summed E-state index contributed by atoms with van der Waals surface area (Å²) in [5.41, 5.74) is -2.36. The molecule has 234 valence electrons. The van der Waals surface area contributed by atoms with E-state index in [1.54, 1.807) is 20.8 Å². The number of rotatable bonds is 6. The number of halogens is 6. The maximum Gasteiger partial charge on any atom is 0.433 e. The van der Waals surface area contributed by atoms with E-state index in [1.165, 1.54) is 17.0 Å². The molecule has 1 aromatic heterocycles. The van der Waals surface area contributed by atoms with Gasteiger partial charge in [-0.25, -0.2) is 27.9 Å². The molecule has 0 aliphatic carbocycles. The lowest BCUT2D eigenvalue weighted by molar-refractivity contribution is -0.148. The first-order valence-electron chi connectivity index (χ1n) is 13.6. The average Bonchev–Trinajstić information content (AvgIpc) is 2.88. The Morgan fingerprint density at radius 2 is 1.86 bits per heavy atom. The maximum absolute atomic E-state index is 14.1.